The summed E-state index contributed by atoms with van der Waals surface area (Å²) in [6, 6.07) is 1.90. The molecule has 1 aliphatic heterocycles. The third-order valence-corrected chi connectivity index (χ3v) is 3.71. The van der Waals surface area contributed by atoms with Crippen molar-refractivity contribution < 1.29 is 9.59 Å². The molecule has 0 aliphatic carbocycles. The maximum absolute atomic E-state index is 12.2. The van der Waals surface area contributed by atoms with Crippen molar-refractivity contribution >= 4 is 11.8 Å². The molecular formula is C15H24N4O2. The van der Waals surface area contributed by atoms with Gasteiger partial charge >= 0.3 is 0 Å². The van der Waals surface area contributed by atoms with Crippen LogP contribution in [0.5, 0.6) is 0 Å². The summed E-state index contributed by atoms with van der Waals surface area (Å²) < 4.78 is 0. The lowest BCUT2D eigenvalue weighted by molar-refractivity contribution is -0.138. The molecule has 1 saturated heterocycles. The molecule has 0 bridgehead atoms. The van der Waals surface area contributed by atoms with Crippen LogP contribution in [0.4, 0.5) is 0 Å². The van der Waals surface area contributed by atoms with Gasteiger partial charge in [0.25, 0.3) is 0 Å². The summed E-state index contributed by atoms with van der Waals surface area (Å²) in [4.78, 5) is 25.9. The van der Waals surface area contributed by atoms with Crippen LogP contribution in [-0.4, -0.2) is 46.5 Å². The van der Waals surface area contributed by atoms with E-state index in [0.717, 1.165) is 18.7 Å². The van der Waals surface area contributed by atoms with Crippen LogP contribution in [0.3, 0.4) is 0 Å². The Morgan fingerprint density at radius 1 is 1.57 bits per heavy atom. The Morgan fingerprint density at radius 3 is 3.05 bits per heavy atom. The SMILES string of the molecule is CC(C)CN1C[C@@H](C(=O)NCCc2ccn[nH]2)CCC1=O. The monoisotopic (exact) mass is 292 g/mol. The van der Waals surface area contributed by atoms with E-state index in [1.54, 1.807) is 6.20 Å². The number of carbonyl (C=O) groups excluding carboxylic acids is 2. The highest BCUT2D eigenvalue weighted by molar-refractivity contribution is 5.83. The lowest BCUT2D eigenvalue weighted by Crippen LogP contribution is -2.47. The number of nitrogens with zero attached hydrogens (tertiary/aromatic N) is 2. The molecule has 6 heteroatoms. The Bertz CT molecular complexity index is 470. The first-order valence-corrected chi connectivity index (χ1v) is 7.60. The third kappa shape index (κ3) is 4.58. The minimum Gasteiger partial charge on any atom is -0.355 e. The average Bonchev–Trinajstić information content (AvgIpc) is 2.94. The number of piperidine rings is 1. The minimum absolute atomic E-state index is 0.0516. The van der Waals surface area contributed by atoms with Crippen molar-refractivity contribution in [2.24, 2.45) is 11.8 Å². The van der Waals surface area contributed by atoms with Crippen molar-refractivity contribution in [3.05, 3.63) is 18.0 Å². The molecule has 2 rings (SSSR count). The fourth-order valence-corrected chi connectivity index (χ4v) is 2.63. The van der Waals surface area contributed by atoms with Crippen LogP contribution in [0.2, 0.25) is 0 Å². The van der Waals surface area contributed by atoms with Crippen LogP contribution >= 0.6 is 0 Å². The van der Waals surface area contributed by atoms with Gasteiger partial charge in [0, 0.05) is 44.4 Å². The second-order valence-corrected chi connectivity index (χ2v) is 6.05. The molecule has 1 atom stereocenters. The van der Waals surface area contributed by atoms with E-state index < -0.39 is 0 Å². The molecule has 6 nitrogen and oxygen atoms in total. The largest absolute Gasteiger partial charge is 0.355 e. The number of aromatic nitrogens is 2. The van der Waals surface area contributed by atoms with E-state index in [1.807, 2.05) is 11.0 Å². The molecule has 1 fully saturated rings. The zero-order valence-electron chi connectivity index (χ0n) is 12.8. The van der Waals surface area contributed by atoms with Gasteiger partial charge in [-0.1, -0.05) is 13.8 Å². The number of H-pyrrole nitrogens is 1. The van der Waals surface area contributed by atoms with E-state index >= 15 is 0 Å². The van der Waals surface area contributed by atoms with Crippen LogP contribution in [0.15, 0.2) is 12.3 Å². The van der Waals surface area contributed by atoms with Gasteiger partial charge in [0.1, 0.15) is 0 Å². The van der Waals surface area contributed by atoms with Gasteiger partial charge in [0.05, 0.1) is 5.92 Å². The molecule has 21 heavy (non-hydrogen) atoms. The molecule has 0 radical (unpaired) electrons. The van der Waals surface area contributed by atoms with Crippen molar-refractivity contribution in [2.45, 2.75) is 33.1 Å². The number of nitrogens with one attached hydrogen (secondary N) is 2. The van der Waals surface area contributed by atoms with E-state index in [2.05, 4.69) is 29.4 Å². The van der Waals surface area contributed by atoms with Crippen molar-refractivity contribution in [1.29, 1.82) is 0 Å². The van der Waals surface area contributed by atoms with Crippen LogP contribution in [0, 0.1) is 11.8 Å². The average molecular weight is 292 g/mol. The van der Waals surface area contributed by atoms with Crippen molar-refractivity contribution in [2.75, 3.05) is 19.6 Å². The molecule has 1 aromatic heterocycles. The molecule has 0 spiro atoms. The van der Waals surface area contributed by atoms with Crippen LogP contribution in [0.25, 0.3) is 0 Å². The van der Waals surface area contributed by atoms with Gasteiger partial charge in [0.15, 0.2) is 0 Å². The quantitative estimate of drug-likeness (QED) is 0.820. The van der Waals surface area contributed by atoms with Gasteiger partial charge in [0.2, 0.25) is 11.8 Å². The Kier molecular flexibility index (Phi) is 5.36. The molecule has 2 heterocycles. The van der Waals surface area contributed by atoms with Gasteiger partial charge in [-0.2, -0.15) is 5.10 Å². The zero-order valence-corrected chi connectivity index (χ0v) is 12.8. The first kappa shape index (κ1) is 15.5. The van der Waals surface area contributed by atoms with Gasteiger partial charge in [-0.05, 0) is 18.4 Å². The molecule has 0 saturated carbocycles. The van der Waals surface area contributed by atoms with E-state index in [0.29, 0.717) is 31.8 Å². The van der Waals surface area contributed by atoms with Crippen LogP contribution < -0.4 is 5.32 Å². The number of amides is 2. The topological polar surface area (TPSA) is 78.1 Å². The summed E-state index contributed by atoms with van der Waals surface area (Å²) in [6.45, 7) is 6.04. The Balaban J connectivity index is 1.77. The molecule has 116 valence electrons. The van der Waals surface area contributed by atoms with Gasteiger partial charge in [-0.15, -0.1) is 0 Å². The number of rotatable bonds is 6. The number of hydrogen-bond donors (Lipinski definition) is 2. The fourth-order valence-electron chi connectivity index (χ4n) is 2.63. The standard InChI is InChI=1S/C15H24N4O2/c1-11(2)9-19-10-12(3-4-14(19)20)15(21)16-7-5-13-6-8-17-18-13/h6,8,11-12H,3-5,7,9-10H2,1-2H3,(H,16,21)(H,17,18)/t12-/m0/s1. The highest BCUT2D eigenvalue weighted by atomic mass is 16.2. The summed E-state index contributed by atoms with van der Waals surface area (Å²) in [5.41, 5.74) is 1.01. The normalized spacial score (nSPS) is 19.1. The van der Waals surface area contributed by atoms with Crippen molar-refractivity contribution in [3.8, 4) is 0 Å². The molecule has 2 N–H and O–H groups in total. The third-order valence-electron chi connectivity index (χ3n) is 3.71. The Hall–Kier alpha value is -1.85. The lowest BCUT2D eigenvalue weighted by atomic mass is 9.95. The summed E-state index contributed by atoms with van der Waals surface area (Å²) in [5, 5.41) is 9.70. The van der Waals surface area contributed by atoms with E-state index in [-0.39, 0.29) is 17.7 Å². The molecule has 1 aromatic rings. The number of aromatic amines is 1. The zero-order chi connectivity index (χ0) is 15.2. The number of hydrogen-bond acceptors (Lipinski definition) is 3. The van der Waals surface area contributed by atoms with Crippen LogP contribution in [0.1, 0.15) is 32.4 Å². The van der Waals surface area contributed by atoms with E-state index in [9.17, 15) is 9.59 Å². The summed E-state index contributed by atoms with van der Waals surface area (Å²) >= 11 is 0. The summed E-state index contributed by atoms with van der Waals surface area (Å²) in [7, 11) is 0. The Labute approximate surface area is 125 Å². The van der Waals surface area contributed by atoms with Gasteiger partial charge in [-0.3, -0.25) is 14.7 Å². The molecule has 0 aromatic carbocycles. The summed E-state index contributed by atoms with van der Waals surface area (Å²) in [6.07, 6.45) is 3.58. The van der Waals surface area contributed by atoms with Gasteiger partial charge < -0.3 is 10.2 Å². The Morgan fingerprint density at radius 2 is 2.38 bits per heavy atom. The van der Waals surface area contributed by atoms with E-state index in [1.165, 1.54) is 0 Å². The lowest BCUT2D eigenvalue weighted by Gasteiger charge is -2.33. The fraction of sp³-hybridized carbons (Fsp3) is 0.667. The molecule has 1 aliphatic rings. The highest BCUT2D eigenvalue weighted by Crippen LogP contribution is 2.18. The highest BCUT2D eigenvalue weighted by Gasteiger charge is 2.30. The second kappa shape index (κ2) is 7.24. The maximum atomic E-state index is 12.2. The van der Waals surface area contributed by atoms with Crippen LogP contribution in [-0.2, 0) is 16.0 Å². The second-order valence-electron chi connectivity index (χ2n) is 6.05. The number of carbonyl (C=O) groups is 2. The smallest absolute Gasteiger partial charge is 0.224 e. The van der Waals surface area contributed by atoms with Crippen molar-refractivity contribution in [1.82, 2.24) is 20.4 Å². The predicted molar refractivity (Wildman–Crippen MR) is 79.4 cm³/mol. The predicted octanol–water partition coefficient (Wildman–Crippen LogP) is 0.963. The van der Waals surface area contributed by atoms with Crippen molar-refractivity contribution in [3.63, 3.8) is 0 Å². The molecular weight excluding hydrogens is 268 g/mol. The number of likely N-dealkylation sites (tertiary alicyclic amines) is 1. The van der Waals surface area contributed by atoms with Gasteiger partial charge in [-0.25, -0.2) is 0 Å². The maximum Gasteiger partial charge on any atom is 0.224 e. The first-order chi connectivity index (χ1) is 10.1. The molecule has 0 unspecified atom stereocenters. The molecule has 2 amide bonds. The van der Waals surface area contributed by atoms with E-state index in [4.69, 9.17) is 0 Å². The summed E-state index contributed by atoms with van der Waals surface area (Å²) in [5.74, 6) is 0.570. The minimum atomic E-state index is -0.0804. The first-order valence-electron chi connectivity index (χ1n) is 7.60.